The number of hydrogen-bond donors (Lipinski definition) is 1. The van der Waals surface area contributed by atoms with E-state index in [1.54, 1.807) is 35.4 Å². The number of amides is 2. The second kappa shape index (κ2) is 8.54. The van der Waals surface area contributed by atoms with Crippen LogP contribution in [-0.4, -0.2) is 17.5 Å². The minimum absolute atomic E-state index is 0.206. The fourth-order valence-corrected chi connectivity index (χ4v) is 2.58. The summed E-state index contributed by atoms with van der Waals surface area (Å²) in [6.07, 6.45) is 2.35. The number of nitrogens with one attached hydrogen (secondary N) is 1. The lowest BCUT2D eigenvalue weighted by Gasteiger charge is -2.22. The number of benzene rings is 2. The normalized spacial score (nSPS) is 10.1. The summed E-state index contributed by atoms with van der Waals surface area (Å²) in [5.41, 5.74) is 2.38. The molecule has 3 rings (SSSR count). The van der Waals surface area contributed by atoms with E-state index in [9.17, 15) is 4.79 Å². The standard InChI is InChI=1S/C21H19N3O2/c22-15-18-8-10-19(11-9-18)23-21(25)24(16-20-7-4-14-26-20)13-12-17-5-2-1-3-6-17/h1-11,14H,12-13,16H2,(H,23,25). The number of carbonyl (C=O) groups is 1. The van der Waals surface area contributed by atoms with E-state index in [0.29, 0.717) is 24.3 Å². The van der Waals surface area contributed by atoms with Crippen LogP contribution < -0.4 is 5.32 Å². The van der Waals surface area contributed by atoms with Crippen LogP contribution in [0.15, 0.2) is 77.4 Å². The molecule has 2 amide bonds. The first kappa shape index (κ1) is 17.3. The van der Waals surface area contributed by atoms with Crippen LogP contribution in [0, 0.1) is 11.3 Å². The van der Waals surface area contributed by atoms with Crippen molar-refractivity contribution in [3.63, 3.8) is 0 Å². The first-order valence-corrected chi connectivity index (χ1v) is 8.37. The summed E-state index contributed by atoms with van der Waals surface area (Å²) in [5.74, 6) is 0.730. The molecule has 0 aliphatic rings. The highest BCUT2D eigenvalue weighted by atomic mass is 16.3. The molecule has 1 heterocycles. The van der Waals surface area contributed by atoms with Crippen molar-refractivity contribution in [3.8, 4) is 6.07 Å². The van der Waals surface area contributed by atoms with Gasteiger partial charge >= 0.3 is 6.03 Å². The van der Waals surface area contributed by atoms with Crippen molar-refractivity contribution in [1.29, 1.82) is 5.26 Å². The van der Waals surface area contributed by atoms with Crippen LogP contribution in [0.2, 0.25) is 0 Å². The molecule has 5 nitrogen and oxygen atoms in total. The van der Waals surface area contributed by atoms with Crippen molar-refractivity contribution in [1.82, 2.24) is 4.90 Å². The molecule has 0 radical (unpaired) electrons. The van der Waals surface area contributed by atoms with E-state index in [1.807, 2.05) is 42.5 Å². The molecular formula is C21H19N3O2. The molecule has 0 atom stereocenters. The van der Waals surface area contributed by atoms with E-state index >= 15 is 0 Å². The number of hydrogen-bond acceptors (Lipinski definition) is 3. The molecule has 0 fully saturated rings. The Kier molecular flexibility index (Phi) is 5.69. The van der Waals surface area contributed by atoms with Gasteiger partial charge in [-0.1, -0.05) is 30.3 Å². The van der Waals surface area contributed by atoms with Crippen molar-refractivity contribution >= 4 is 11.7 Å². The van der Waals surface area contributed by atoms with Gasteiger partial charge in [0.1, 0.15) is 5.76 Å². The molecule has 1 N–H and O–H groups in total. The Morgan fingerprint density at radius 1 is 1.04 bits per heavy atom. The topological polar surface area (TPSA) is 69.3 Å². The minimum Gasteiger partial charge on any atom is -0.467 e. The lowest BCUT2D eigenvalue weighted by Crippen LogP contribution is -2.36. The highest BCUT2D eigenvalue weighted by Crippen LogP contribution is 2.13. The predicted molar refractivity (Wildman–Crippen MR) is 99.4 cm³/mol. The Balaban J connectivity index is 1.68. The van der Waals surface area contributed by atoms with Gasteiger partial charge in [0.05, 0.1) is 24.4 Å². The van der Waals surface area contributed by atoms with Crippen LogP contribution in [0.25, 0.3) is 0 Å². The van der Waals surface area contributed by atoms with Crippen LogP contribution in [-0.2, 0) is 13.0 Å². The third-order valence-electron chi connectivity index (χ3n) is 3.99. The molecule has 0 saturated heterocycles. The smallest absolute Gasteiger partial charge is 0.322 e. The minimum atomic E-state index is -0.206. The van der Waals surface area contributed by atoms with Crippen molar-refractivity contribution in [2.24, 2.45) is 0 Å². The number of carbonyl (C=O) groups excluding carboxylic acids is 1. The lowest BCUT2D eigenvalue weighted by molar-refractivity contribution is 0.205. The van der Waals surface area contributed by atoms with Gasteiger partial charge in [-0.05, 0) is 48.4 Å². The summed E-state index contributed by atoms with van der Waals surface area (Å²) in [6, 6.07) is 22.4. The van der Waals surface area contributed by atoms with Gasteiger partial charge in [0, 0.05) is 12.2 Å². The average Bonchev–Trinajstić information content (AvgIpc) is 3.19. The average molecular weight is 345 g/mol. The first-order valence-electron chi connectivity index (χ1n) is 8.37. The van der Waals surface area contributed by atoms with E-state index in [1.165, 1.54) is 5.56 Å². The number of rotatable bonds is 6. The summed E-state index contributed by atoms with van der Waals surface area (Å²) in [6.45, 7) is 0.953. The van der Waals surface area contributed by atoms with Crippen LogP contribution in [0.5, 0.6) is 0 Å². The molecule has 0 unspecified atom stereocenters. The number of anilines is 1. The van der Waals surface area contributed by atoms with Gasteiger partial charge in [0.25, 0.3) is 0 Å². The molecule has 2 aromatic carbocycles. The van der Waals surface area contributed by atoms with E-state index < -0.39 is 0 Å². The Morgan fingerprint density at radius 2 is 1.81 bits per heavy atom. The zero-order valence-electron chi connectivity index (χ0n) is 14.3. The summed E-state index contributed by atoms with van der Waals surface area (Å²) >= 11 is 0. The van der Waals surface area contributed by atoms with Gasteiger partial charge < -0.3 is 14.6 Å². The zero-order chi connectivity index (χ0) is 18.2. The van der Waals surface area contributed by atoms with Gasteiger partial charge in [-0.15, -0.1) is 0 Å². The maximum Gasteiger partial charge on any atom is 0.322 e. The van der Waals surface area contributed by atoms with E-state index in [-0.39, 0.29) is 6.03 Å². The maximum absolute atomic E-state index is 12.7. The van der Waals surface area contributed by atoms with Gasteiger partial charge in [0.15, 0.2) is 0 Å². The van der Waals surface area contributed by atoms with E-state index in [2.05, 4.69) is 11.4 Å². The Hall–Kier alpha value is -3.52. The summed E-state index contributed by atoms with van der Waals surface area (Å²) in [5, 5.41) is 11.7. The Morgan fingerprint density at radius 3 is 2.46 bits per heavy atom. The first-order chi connectivity index (χ1) is 12.7. The van der Waals surface area contributed by atoms with Crippen LogP contribution >= 0.6 is 0 Å². The SMILES string of the molecule is N#Cc1ccc(NC(=O)N(CCc2ccccc2)Cc2ccco2)cc1. The summed E-state index contributed by atoms with van der Waals surface area (Å²) in [4.78, 5) is 14.4. The molecule has 0 spiro atoms. The molecule has 0 aliphatic heterocycles. The number of furan rings is 1. The third kappa shape index (κ3) is 4.74. The van der Waals surface area contributed by atoms with Crippen molar-refractivity contribution in [2.45, 2.75) is 13.0 Å². The predicted octanol–water partition coefficient (Wildman–Crippen LogP) is 4.43. The maximum atomic E-state index is 12.7. The van der Waals surface area contributed by atoms with Crippen molar-refractivity contribution < 1.29 is 9.21 Å². The third-order valence-corrected chi connectivity index (χ3v) is 3.99. The van der Waals surface area contributed by atoms with E-state index in [0.717, 1.165) is 12.2 Å². The molecule has 3 aromatic rings. The highest BCUT2D eigenvalue weighted by Gasteiger charge is 2.15. The Labute approximate surface area is 152 Å². The molecule has 5 heteroatoms. The number of nitrogens with zero attached hydrogens (tertiary/aromatic N) is 2. The molecule has 26 heavy (non-hydrogen) atoms. The van der Waals surface area contributed by atoms with Gasteiger partial charge in [-0.3, -0.25) is 0 Å². The van der Waals surface area contributed by atoms with Crippen molar-refractivity contribution in [3.05, 3.63) is 89.9 Å². The molecular weight excluding hydrogens is 326 g/mol. The van der Waals surface area contributed by atoms with Crippen LogP contribution in [0.4, 0.5) is 10.5 Å². The summed E-state index contributed by atoms with van der Waals surface area (Å²) in [7, 11) is 0. The summed E-state index contributed by atoms with van der Waals surface area (Å²) < 4.78 is 5.39. The molecule has 130 valence electrons. The van der Waals surface area contributed by atoms with Gasteiger partial charge in [-0.25, -0.2) is 4.79 Å². The molecule has 0 saturated carbocycles. The number of nitriles is 1. The molecule has 1 aromatic heterocycles. The second-order valence-corrected chi connectivity index (χ2v) is 5.86. The fourth-order valence-electron chi connectivity index (χ4n) is 2.58. The highest BCUT2D eigenvalue weighted by molar-refractivity contribution is 5.89. The monoisotopic (exact) mass is 345 g/mol. The fraction of sp³-hybridized carbons (Fsp3) is 0.143. The van der Waals surface area contributed by atoms with Gasteiger partial charge in [-0.2, -0.15) is 5.26 Å². The van der Waals surface area contributed by atoms with Crippen LogP contribution in [0.3, 0.4) is 0 Å². The number of urea groups is 1. The largest absolute Gasteiger partial charge is 0.467 e. The zero-order valence-corrected chi connectivity index (χ0v) is 14.3. The lowest BCUT2D eigenvalue weighted by atomic mass is 10.1. The quantitative estimate of drug-likeness (QED) is 0.718. The van der Waals surface area contributed by atoms with Gasteiger partial charge in [0.2, 0.25) is 0 Å². The Bertz CT molecular complexity index is 866. The van der Waals surface area contributed by atoms with E-state index in [4.69, 9.17) is 9.68 Å². The molecule has 0 bridgehead atoms. The second-order valence-electron chi connectivity index (χ2n) is 5.86. The van der Waals surface area contributed by atoms with Crippen molar-refractivity contribution in [2.75, 3.05) is 11.9 Å². The molecule has 0 aliphatic carbocycles. The van der Waals surface area contributed by atoms with Crippen LogP contribution in [0.1, 0.15) is 16.9 Å².